The monoisotopic (exact) mass is 674 g/mol. The van der Waals surface area contributed by atoms with Gasteiger partial charge in [-0.1, -0.05) is 17.4 Å². The molecule has 0 fully saturated rings. The number of likely N-dealkylation sites (N-methyl/N-ethyl adjacent to an activating group) is 1. The van der Waals surface area contributed by atoms with E-state index in [0.717, 1.165) is 34.5 Å². The topological polar surface area (TPSA) is 142 Å². The molecule has 0 saturated carbocycles. The molecule has 2 aromatic carbocycles. The molecule has 0 bridgehead atoms. The van der Waals surface area contributed by atoms with Crippen LogP contribution in [0, 0.1) is 24.0 Å². The summed E-state index contributed by atoms with van der Waals surface area (Å²) in [6.07, 6.45) is 1.60. The molecule has 12 nitrogen and oxygen atoms in total. The number of rotatable bonds is 10. The first kappa shape index (κ1) is 33.5. The van der Waals surface area contributed by atoms with Crippen molar-refractivity contribution in [1.82, 2.24) is 19.4 Å². The van der Waals surface area contributed by atoms with E-state index in [1.54, 1.807) is 48.2 Å². The highest BCUT2D eigenvalue weighted by atomic mass is 32.2. The summed E-state index contributed by atoms with van der Waals surface area (Å²) in [5.41, 5.74) is 2.84. The molecule has 47 heavy (non-hydrogen) atoms. The van der Waals surface area contributed by atoms with Crippen LogP contribution in [0.2, 0.25) is 0 Å². The van der Waals surface area contributed by atoms with Gasteiger partial charge in [0, 0.05) is 36.1 Å². The summed E-state index contributed by atoms with van der Waals surface area (Å²) in [5, 5.41) is 12.5. The predicted octanol–water partition coefficient (Wildman–Crippen LogP) is 4.59. The predicted molar refractivity (Wildman–Crippen MR) is 180 cm³/mol. The number of hydrogen-bond donors (Lipinski definition) is 0. The number of methoxy groups -OCH3 is 2. The van der Waals surface area contributed by atoms with E-state index < -0.39 is 16.5 Å². The van der Waals surface area contributed by atoms with Gasteiger partial charge in [0.25, 0.3) is 17.2 Å². The number of thiazole rings is 1. The Kier molecular flexibility index (Phi) is 9.91. The standard InChI is InChI=1S/C33H34N6O6S2/c1-8-37(9-2)31(41)28-20(5)36-33-38(29(28)23-17-22(44-6)11-12-25(23)45-7)30(40)27(47-33)16-21-10-13-26(24(15-21)39(42)43)46-32-34-18(3)14-19(4)35-32/h10-17,29H,8-9H2,1-7H3/b27-16-/t29-/m1/s1. The van der Waals surface area contributed by atoms with Crippen molar-refractivity contribution in [1.29, 1.82) is 0 Å². The van der Waals surface area contributed by atoms with Gasteiger partial charge in [-0.05, 0) is 88.4 Å². The number of carbonyl (C=O) groups excluding carboxylic acids is 1. The van der Waals surface area contributed by atoms with Crippen molar-refractivity contribution in [2.24, 2.45) is 4.99 Å². The average molecular weight is 675 g/mol. The van der Waals surface area contributed by atoms with Crippen molar-refractivity contribution in [2.45, 2.75) is 50.7 Å². The second kappa shape index (κ2) is 13.9. The van der Waals surface area contributed by atoms with Crippen molar-refractivity contribution in [3.05, 3.63) is 106 Å². The molecule has 0 N–H and O–H groups in total. The zero-order valence-electron chi connectivity index (χ0n) is 27.1. The van der Waals surface area contributed by atoms with Crippen LogP contribution in [0.4, 0.5) is 5.69 Å². The molecule has 244 valence electrons. The van der Waals surface area contributed by atoms with Crippen LogP contribution in [0.25, 0.3) is 6.08 Å². The van der Waals surface area contributed by atoms with Gasteiger partial charge in [0.05, 0.1) is 39.8 Å². The second-order valence-electron chi connectivity index (χ2n) is 10.7. The third-order valence-electron chi connectivity index (χ3n) is 7.67. The van der Waals surface area contributed by atoms with Gasteiger partial charge in [0.15, 0.2) is 9.96 Å². The summed E-state index contributed by atoms with van der Waals surface area (Å²) in [4.78, 5) is 55.8. The lowest BCUT2D eigenvalue weighted by molar-refractivity contribution is -0.387. The van der Waals surface area contributed by atoms with Crippen LogP contribution in [-0.2, 0) is 4.79 Å². The molecule has 0 spiro atoms. The van der Waals surface area contributed by atoms with Crippen LogP contribution in [0.15, 0.2) is 73.6 Å². The molecular formula is C33H34N6O6S2. The van der Waals surface area contributed by atoms with Crippen LogP contribution in [0.1, 0.15) is 49.3 Å². The third-order valence-corrected chi connectivity index (χ3v) is 9.59. The van der Waals surface area contributed by atoms with Crippen LogP contribution < -0.4 is 24.4 Å². The van der Waals surface area contributed by atoms with E-state index in [1.165, 1.54) is 24.9 Å². The van der Waals surface area contributed by atoms with E-state index >= 15 is 0 Å². The Morgan fingerprint density at radius 2 is 1.77 bits per heavy atom. The molecule has 3 heterocycles. The molecule has 0 aliphatic carbocycles. The zero-order chi connectivity index (χ0) is 34.0. The molecule has 0 unspecified atom stereocenters. The molecule has 0 radical (unpaired) electrons. The fourth-order valence-corrected chi connectivity index (χ4v) is 7.46. The first-order valence-electron chi connectivity index (χ1n) is 14.8. The van der Waals surface area contributed by atoms with E-state index in [9.17, 15) is 19.7 Å². The minimum atomic E-state index is -0.863. The Morgan fingerprint density at radius 1 is 1.06 bits per heavy atom. The van der Waals surface area contributed by atoms with E-state index in [1.807, 2.05) is 33.8 Å². The smallest absolute Gasteiger partial charge is 0.283 e. The maximum absolute atomic E-state index is 14.2. The van der Waals surface area contributed by atoms with Gasteiger partial charge >= 0.3 is 0 Å². The van der Waals surface area contributed by atoms with Crippen LogP contribution in [0.3, 0.4) is 0 Å². The number of nitrogens with zero attached hydrogens (tertiary/aromatic N) is 6. The largest absolute Gasteiger partial charge is 0.497 e. The molecule has 5 rings (SSSR count). The van der Waals surface area contributed by atoms with Crippen LogP contribution in [-0.4, -0.2) is 57.6 Å². The summed E-state index contributed by atoms with van der Waals surface area (Å²) >= 11 is 2.25. The SMILES string of the molecule is CCN(CC)C(=O)C1=C(C)N=c2s/c(=C\c3ccc(Sc4nc(C)cc(C)n4)c([N+](=O)[O-])c3)c(=O)n2[C@@H]1c1cc(OC)ccc1OC. The number of benzene rings is 2. The maximum atomic E-state index is 14.2. The fraction of sp³-hybridized carbons (Fsp3) is 0.303. The number of aryl methyl sites for hydroxylation is 2. The van der Waals surface area contributed by atoms with Crippen LogP contribution >= 0.6 is 23.1 Å². The lowest BCUT2D eigenvalue weighted by Gasteiger charge is -2.30. The molecule has 0 saturated heterocycles. The Hall–Kier alpha value is -4.82. The molecule has 14 heteroatoms. The summed E-state index contributed by atoms with van der Waals surface area (Å²) in [6, 6.07) is 11.0. The van der Waals surface area contributed by atoms with Gasteiger partial charge in [-0.15, -0.1) is 0 Å². The minimum Gasteiger partial charge on any atom is -0.497 e. The van der Waals surface area contributed by atoms with E-state index in [4.69, 9.17) is 14.5 Å². The molecule has 1 amide bonds. The molecule has 1 aliphatic heterocycles. The zero-order valence-corrected chi connectivity index (χ0v) is 28.7. The van der Waals surface area contributed by atoms with Gasteiger partial charge < -0.3 is 14.4 Å². The summed E-state index contributed by atoms with van der Waals surface area (Å²) in [6.45, 7) is 10.2. The number of nitro benzene ring substituents is 1. The first-order valence-corrected chi connectivity index (χ1v) is 16.4. The quantitative estimate of drug-likeness (QED) is 0.134. The molecule has 1 atom stereocenters. The average Bonchev–Trinajstić information content (AvgIpc) is 3.34. The highest BCUT2D eigenvalue weighted by Crippen LogP contribution is 2.38. The highest BCUT2D eigenvalue weighted by Gasteiger charge is 2.36. The maximum Gasteiger partial charge on any atom is 0.283 e. The molecular weight excluding hydrogens is 641 g/mol. The van der Waals surface area contributed by atoms with Gasteiger partial charge in [0.1, 0.15) is 17.5 Å². The van der Waals surface area contributed by atoms with Crippen molar-refractivity contribution in [3.63, 3.8) is 0 Å². The Balaban J connectivity index is 1.68. The molecule has 1 aliphatic rings. The number of amides is 1. The van der Waals surface area contributed by atoms with E-state index in [0.29, 0.717) is 66.4 Å². The van der Waals surface area contributed by atoms with Crippen molar-refractivity contribution < 1.29 is 19.2 Å². The van der Waals surface area contributed by atoms with Gasteiger partial charge in [0.2, 0.25) is 0 Å². The highest BCUT2D eigenvalue weighted by molar-refractivity contribution is 7.99. The van der Waals surface area contributed by atoms with Crippen molar-refractivity contribution in [2.75, 3.05) is 27.3 Å². The van der Waals surface area contributed by atoms with Crippen LogP contribution in [0.5, 0.6) is 11.5 Å². The van der Waals surface area contributed by atoms with Crippen molar-refractivity contribution >= 4 is 40.8 Å². The second-order valence-corrected chi connectivity index (χ2v) is 12.7. The summed E-state index contributed by atoms with van der Waals surface area (Å²) < 4.78 is 13.0. The number of nitro groups is 1. The van der Waals surface area contributed by atoms with Gasteiger partial charge in [-0.2, -0.15) is 0 Å². The Morgan fingerprint density at radius 3 is 2.38 bits per heavy atom. The lowest BCUT2D eigenvalue weighted by Crippen LogP contribution is -2.43. The van der Waals surface area contributed by atoms with E-state index in [2.05, 4.69) is 9.97 Å². The van der Waals surface area contributed by atoms with Gasteiger partial charge in [-0.25, -0.2) is 15.0 Å². The fourth-order valence-electron chi connectivity index (χ4n) is 5.47. The number of fused-ring (bicyclic) bond motifs is 1. The summed E-state index contributed by atoms with van der Waals surface area (Å²) in [5.74, 6) is 0.766. The van der Waals surface area contributed by atoms with Crippen molar-refractivity contribution in [3.8, 4) is 11.5 Å². The molecule has 2 aromatic heterocycles. The Bertz CT molecular complexity index is 2080. The number of carbonyl (C=O) groups is 1. The Labute approximate surface area is 279 Å². The summed E-state index contributed by atoms with van der Waals surface area (Å²) in [7, 11) is 3.07. The normalized spacial score (nSPS) is 14.4. The lowest BCUT2D eigenvalue weighted by atomic mass is 9.93. The number of hydrogen-bond acceptors (Lipinski definition) is 11. The number of allylic oxidation sites excluding steroid dienone is 1. The van der Waals surface area contributed by atoms with Gasteiger partial charge in [-0.3, -0.25) is 24.3 Å². The molecule has 4 aromatic rings. The first-order chi connectivity index (χ1) is 22.5. The number of ether oxygens (including phenoxy) is 2. The minimum absolute atomic E-state index is 0.138. The van der Waals surface area contributed by atoms with E-state index in [-0.39, 0.29) is 11.6 Å². The number of aromatic nitrogens is 3. The third kappa shape index (κ3) is 6.69.